The maximum atomic E-state index is 12.5. The Bertz CT molecular complexity index is 697. The van der Waals surface area contributed by atoms with Gasteiger partial charge in [-0.05, 0) is 12.8 Å². The zero-order valence-corrected chi connectivity index (χ0v) is 9.35. The number of aromatic nitrogens is 4. The van der Waals surface area contributed by atoms with E-state index in [1.807, 2.05) is 0 Å². The van der Waals surface area contributed by atoms with Gasteiger partial charge < -0.3 is 0 Å². The lowest BCUT2D eigenvalue weighted by molar-refractivity contribution is -0.144. The van der Waals surface area contributed by atoms with Crippen LogP contribution in [0.3, 0.4) is 0 Å². The lowest BCUT2D eigenvalue weighted by Crippen LogP contribution is -2.08. The Labute approximate surface area is 104 Å². The van der Waals surface area contributed by atoms with Crippen molar-refractivity contribution < 1.29 is 18.0 Å². The summed E-state index contributed by atoms with van der Waals surface area (Å²) < 4.78 is 38.3. The summed E-state index contributed by atoms with van der Waals surface area (Å²) in [4.78, 5) is 21.1. The molecule has 2 heterocycles. The predicted octanol–water partition coefficient (Wildman–Crippen LogP) is 1.47. The first-order chi connectivity index (χ1) is 8.94. The van der Waals surface area contributed by atoms with E-state index in [2.05, 4.69) is 20.1 Å². The zero-order valence-electron chi connectivity index (χ0n) is 9.35. The van der Waals surface area contributed by atoms with Gasteiger partial charge in [-0.3, -0.25) is 0 Å². The number of isocyanates is 1. The molecular formula is C10H6F3N5O. The largest absolute Gasteiger partial charge is 0.453 e. The van der Waals surface area contributed by atoms with Crippen molar-refractivity contribution in [1.82, 2.24) is 19.6 Å². The minimum atomic E-state index is -4.62. The van der Waals surface area contributed by atoms with Crippen LogP contribution in [0, 0.1) is 0 Å². The van der Waals surface area contributed by atoms with E-state index in [0.717, 1.165) is 4.52 Å². The first kappa shape index (κ1) is 11.8. The number of alkyl halides is 3. The van der Waals surface area contributed by atoms with Crippen LogP contribution in [0.4, 0.5) is 13.2 Å². The maximum absolute atomic E-state index is 12.5. The van der Waals surface area contributed by atoms with E-state index < -0.39 is 17.5 Å². The normalized spacial score (nSPS) is 17.2. The SMILES string of the molecule is O=C=NC1(c2cnc3nc(C(F)(F)F)nn3c2)CC1. The van der Waals surface area contributed by atoms with Crippen LogP contribution in [0.1, 0.15) is 24.2 Å². The van der Waals surface area contributed by atoms with E-state index in [1.54, 1.807) is 0 Å². The van der Waals surface area contributed by atoms with Crippen LogP contribution < -0.4 is 0 Å². The lowest BCUT2D eigenvalue weighted by Gasteiger charge is -2.06. The van der Waals surface area contributed by atoms with Crippen LogP contribution >= 0.6 is 0 Å². The lowest BCUT2D eigenvalue weighted by atomic mass is 10.1. The molecule has 0 radical (unpaired) electrons. The van der Waals surface area contributed by atoms with Crippen molar-refractivity contribution in [3.63, 3.8) is 0 Å². The summed E-state index contributed by atoms with van der Waals surface area (Å²) in [5.41, 5.74) is -0.171. The molecule has 0 saturated heterocycles. The first-order valence-electron chi connectivity index (χ1n) is 5.34. The molecule has 1 saturated carbocycles. The molecule has 6 nitrogen and oxygen atoms in total. The van der Waals surface area contributed by atoms with Gasteiger partial charge in [0.15, 0.2) is 0 Å². The quantitative estimate of drug-likeness (QED) is 0.611. The minimum Gasteiger partial charge on any atom is -0.219 e. The molecule has 3 rings (SSSR count). The standard InChI is InChI=1S/C10H6F3N5O/c11-10(12,13)7-16-8-14-3-6(4-18(8)17-7)9(1-2-9)15-5-19/h3-4H,1-2H2. The van der Waals surface area contributed by atoms with E-state index in [1.165, 1.54) is 18.5 Å². The summed E-state index contributed by atoms with van der Waals surface area (Å²) in [5.74, 6) is -1.40. The Morgan fingerprint density at radius 3 is 2.74 bits per heavy atom. The highest BCUT2D eigenvalue weighted by atomic mass is 19.4. The molecule has 0 unspecified atom stereocenters. The monoisotopic (exact) mass is 269 g/mol. The number of nitrogens with zero attached hydrogens (tertiary/aromatic N) is 5. The summed E-state index contributed by atoms with van der Waals surface area (Å²) in [5, 5.41) is 3.32. The Hall–Kier alpha value is -2.28. The molecule has 2 aromatic rings. The molecule has 0 spiro atoms. The third-order valence-electron chi connectivity index (χ3n) is 2.97. The van der Waals surface area contributed by atoms with Crippen molar-refractivity contribution in [3.8, 4) is 0 Å². The van der Waals surface area contributed by atoms with E-state index in [4.69, 9.17) is 0 Å². The molecule has 9 heteroatoms. The molecule has 0 N–H and O–H groups in total. The van der Waals surface area contributed by atoms with Crippen molar-refractivity contribution in [2.75, 3.05) is 0 Å². The third kappa shape index (κ3) is 1.88. The van der Waals surface area contributed by atoms with Crippen LogP contribution in [0.15, 0.2) is 17.4 Å². The summed E-state index contributed by atoms with van der Waals surface area (Å²) in [6.45, 7) is 0. The molecule has 0 atom stereocenters. The van der Waals surface area contributed by atoms with Crippen molar-refractivity contribution in [1.29, 1.82) is 0 Å². The first-order valence-corrected chi connectivity index (χ1v) is 5.34. The number of hydrogen-bond donors (Lipinski definition) is 0. The smallest absolute Gasteiger partial charge is 0.219 e. The summed E-state index contributed by atoms with van der Waals surface area (Å²) in [6.07, 6.45) is 0.838. The van der Waals surface area contributed by atoms with Gasteiger partial charge >= 0.3 is 6.18 Å². The van der Waals surface area contributed by atoms with E-state index in [0.29, 0.717) is 18.4 Å². The van der Waals surface area contributed by atoms with Crippen LogP contribution in [0.5, 0.6) is 0 Å². The number of carbonyl (C=O) groups excluding carboxylic acids is 1. The Balaban J connectivity index is 2.09. The molecular weight excluding hydrogens is 263 g/mol. The molecule has 19 heavy (non-hydrogen) atoms. The molecule has 1 aliphatic carbocycles. The van der Waals surface area contributed by atoms with Gasteiger partial charge in [0.05, 0.1) is 0 Å². The molecule has 1 aliphatic rings. The number of halogens is 3. The third-order valence-corrected chi connectivity index (χ3v) is 2.97. The van der Waals surface area contributed by atoms with Gasteiger partial charge in [-0.2, -0.15) is 23.1 Å². The topological polar surface area (TPSA) is 72.5 Å². The van der Waals surface area contributed by atoms with Gasteiger partial charge in [0, 0.05) is 18.0 Å². The minimum absolute atomic E-state index is 0.151. The van der Waals surface area contributed by atoms with Crippen molar-refractivity contribution >= 4 is 11.9 Å². The van der Waals surface area contributed by atoms with Crippen molar-refractivity contribution in [2.45, 2.75) is 24.6 Å². The Kier molecular flexibility index (Phi) is 2.24. The number of rotatable bonds is 2. The molecule has 0 aliphatic heterocycles. The van der Waals surface area contributed by atoms with E-state index >= 15 is 0 Å². The second-order valence-corrected chi connectivity index (χ2v) is 4.26. The molecule has 0 amide bonds. The van der Waals surface area contributed by atoms with Gasteiger partial charge in [-0.25, -0.2) is 14.3 Å². The van der Waals surface area contributed by atoms with Crippen molar-refractivity contribution in [2.24, 2.45) is 4.99 Å². The van der Waals surface area contributed by atoms with Crippen LogP contribution in [0.25, 0.3) is 5.78 Å². The fourth-order valence-corrected chi connectivity index (χ4v) is 1.81. The van der Waals surface area contributed by atoms with E-state index in [9.17, 15) is 18.0 Å². The van der Waals surface area contributed by atoms with Gasteiger partial charge in [0.25, 0.3) is 11.6 Å². The van der Waals surface area contributed by atoms with Gasteiger partial charge in [0.1, 0.15) is 5.54 Å². The van der Waals surface area contributed by atoms with Gasteiger partial charge in [0.2, 0.25) is 6.08 Å². The summed E-state index contributed by atoms with van der Waals surface area (Å²) in [7, 11) is 0. The van der Waals surface area contributed by atoms with E-state index in [-0.39, 0.29) is 5.78 Å². The highest BCUT2D eigenvalue weighted by Gasteiger charge is 2.46. The molecule has 1 fully saturated rings. The Morgan fingerprint density at radius 1 is 1.42 bits per heavy atom. The average Bonchev–Trinajstić information content (AvgIpc) is 2.99. The summed E-state index contributed by atoms with van der Waals surface area (Å²) in [6, 6.07) is 0. The number of hydrogen-bond acceptors (Lipinski definition) is 5. The van der Waals surface area contributed by atoms with Crippen LogP contribution in [-0.4, -0.2) is 25.7 Å². The Morgan fingerprint density at radius 2 is 2.16 bits per heavy atom. The molecule has 98 valence electrons. The van der Waals surface area contributed by atoms with Crippen LogP contribution in [-0.2, 0) is 16.5 Å². The predicted molar refractivity (Wildman–Crippen MR) is 54.8 cm³/mol. The maximum Gasteiger partial charge on any atom is 0.453 e. The second kappa shape index (κ2) is 3.61. The molecule has 2 aromatic heterocycles. The summed E-state index contributed by atoms with van der Waals surface area (Å²) >= 11 is 0. The number of fused-ring (bicyclic) bond motifs is 1. The van der Waals surface area contributed by atoms with Gasteiger partial charge in [-0.15, -0.1) is 5.10 Å². The molecule has 0 bridgehead atoms. The zero-order chi connectivity index (χ0) is 13.7. The number of aliphatic imine (C=N–C) groups is 1. The average molecular weight is 269 g/mol. The van der Waals surface area contributed by atoms with Crippen LogP contribution in [0.2, 0.25) is 0 Å². The fourth-order valence-electron chi connectivity index (χ4n) is 1.81. The van der Waals surface area contributed by atoms with Crippen molar-refractivity contribution in [3.05, 3.63) is 23.8 Å². The van der Waals surface area contributed by atoms with Gasteiger partial charge in [-0.1, -0.05) is 0 Å². The second-order valence-electron chi connectivity index (χ2n) is 4.26. The highest BCUT2D eigenvalue weighted by Crippen LogP contribution is 2.48. The fraction of sp³-hybridized carbons (Fsp3) is 0.400. The molecule has 0 aromatic carbocycles. The highest BCUT2D eigenvalue weighted by molar-refractivity contribution is 5.41.